The van der Waals surface area contributed by atoms with Crippen LogP contribution in [0.3, 0.4) is 0 Å². The first-order valence-corrected chi connectivity index (χ1v) is 13.0. The molecule has 0 radical (unpaired) electrons. The number of halogens is 2. The van der Waals surface area contributed by atoms with Gasteiger partial charge in [-0.15, -0.1) is 0 Å². The van der Waals surface area contributed by atoms with E-state index in [0.717, 1.165) is 0 Å². The van der Waals surface area contributed by atoms with E-state index in [9.17, 15) is 28.4 Å². The summed E-state index contributed by atoms with van der Waals surface area (Å²) in [6.45, 7) is 4.03. The molecule has 0 spiro atoms. The molecule has 0 bridgehead atoms. The Bertz CT molecular complexity index is 1280. The predicted octanol–water partition coefficient (Wildman–Crippen LogP) is 3.34. The molecule has 2 aromatic carbocycles. The molecule has 10 nitrogen and oxygen atoms in total. The van der Waals surface area contributed by atoms with Crippen molar-refractivity contribution in [1.29, 1.82) is 0 Å². The first-order valence-electron chi connectivity index (χ1n) is 12.6. The first-order chi connectivity index (χ1) is 19.1. The van der Waals surface area contributed by atoms with Crippen LogP contribution in [-0.2, 0) is 42.9 Å². The minimum absolute atomic E-state index is 0.00591. The third kappa shape index (κ3) is 6.59. The molecule has 1 amide bonds. The number of carbonyl (C=O) groups is 5. The summed E-state index contributed by atoms with van der Waals surface area (Å²) in [5, 5.41) is 2.90. The Morgan fingerprint density at radius 3 is 2.10 bits per heavy atom. The van der Waals surface area contributed by atoms with E-state index < -0.39 is 59.6 Å². The van der Waals surface area contributed by atoms with Gasteiger partial charge in [-0.1, -0.05) is 35.9 Å². The van der Waals surface area contributed by atoms with Crippen LogP contribution in [0.2, 0.25) is 5.02 Å². The van der Waals surface area contributed by atoms with E-state index in [1.807, 2.05) is 0 Å². The van der Waals surface area contributed by atoms with E-state index in [-0.39, 0.29) is 31.8 Å². The normalized spacial score (nSPS) is 19.5. The molecule has 1 aliphatic rings. The van der Waals surface area contributed by atoms with Crippen molar-refractivity contribution < 1.29 is 47.3 Å². The number of hydrogen-bond acceptors (Lipinski definition) is 9. The Labute approximate surface area is 235 Å². The summed E-state index contributed by atoms with van der Waals surface area (Å²) in [4.78, 5) is 61.7. The van der Waals surface area contributed by atoms with Gasteiger partial charge in [-0.2, -0.15) is 0 Å². The Morgan fingerprint density at radius 1 is 0.875 bits per heavy atom. The maximum absolute atomic E-state index is 14.4. The molecule has 3 atom stereocenters. The average molecular weight is 578 g/mol. The highest BCUT2D eigenvalue weighted by Gasteiger charge is 2.62. The molecule has 2 aromatic rings. The summed E-state index contributed by atoms with van der Waals surface area (Å²) >= 11 is 6.03. The van der Waals surface area contributed by atoms with Crippen molar-refractivity contribution in [3.05, 3.63) is 58.9 Å². The van der Waals surface area contributed by atoms with Gasteiger partial charge >= 0.3 is 29.8 Å². The lowest BCUT2D eigenvalue weighted by atomic mass is 9.54. The highest BCUT2D eigenvalue weighted by Crippen LogP contribution is 2.54. The highest BCUT2D eigenvalue weighted by molar-refractivity contribution is 6.32. The van der Waals surface area contributed by atoms with Gasteiger partial charge in [0.1, 0.15) is 17.8 Å². The second kappa shape index (κ2) is 13.4. The molecule has 0 saturated heterocycles. The summed E-state index contributed by atoms with van der Waals surface area (Å²) in [7, 11) is 0. The lowest BCUT2D eigenvalue weighted by Crippen LogP contribution is -2.64. The van der Waals surface area contributed by atoms with Gasteiger partial charge in [-0.3, -0.25) is 9.59 Å². The number of nitrogens with one attached hydrogen (secondary N) is 1. The smallest absolute Gasteiger partial charge is 0.417 e. The number of amides is 1. The molecule has 1 unspecified atom stereocenters. The van der Waals surface area contributed by atoms with Crippen molar-refractivity contribution in [2.75, 3.05) is 26.4 Å². The second-order valence-corrected chi connectivity index (χ2v) is 9.34. The zero-order valence-electron chi connectivity index (χ0n) is 22.2. The van der Waals surface area contributed by atoms with E-state index in [2.05, 4.69) is 10.1 Å². The maximum Gasteiger partial charge on any atom is 0.417 e. The van der Waals surface area contributed by atoms with Gasteiger partial charge in [0.25, 0.3) is 0 Å². The lowest BCUT2D eigenvalue weighted by molar-refractivity contribution is -0.182. The fourth-order valence-electron chi connectivity index (χ4n) is 4.70. The van der Waals surface area contributed by atoms with Gasteiger partial charge in [0.15, 0.2) is 0 Å². The molecule has 1 aliphatic carbocycles. The fourth-order valence-corrected chi connectivity index (χ4v) is 4.87. The number of rotatable bonds is 9. The van der Waals surface area contributed by atoms with Crippen molar-refractivity contribution in [2.45, 2.75) is 39.2 Å². The van der Waals surface area contributed by atoms with Crippen molar-refractivity contribution in [1.82, 2.24) is 5.32 Å². The molecule has 3 rings (SSSR count). The summed E-state index contributed by atoms with van der Waals surface area (Å²) < 4.78 is 34.3. The first kappa shape index (κ1) is 30.6. The Hall–Kier alpha value is -3.99. The number of hydrogen-bond donors (Lipinski definition) is 1. The Balaban J connectivity index is 1.99. The van der Waals surface area contributed by atoms with E-state index in [0.29, 0.717) is 16.1 Å². The van der Waals surface area contributed by atoms with Crippen LogP contribution in [0.15, 0.2) is 42.5 Å². The van der Waals surface area contributed by atoms with Crippen molar-refractivity contribution >= 4 is 41.4 Å². The Kier molecular flexibility index (Phi) is 10.2. The summed E-state index contributed by atoms with van der Waals surface area (Å²) in [6.07, 6.45) is -0.0809. The van der Waals surface area contributed by atoms with Crippen molar-refractivity contribution in [2.24, 2.45) is 5.41 Å². The van der Waals surface area contributed by atoms with Crippen LogP contribution in [0.5, 0.6) is 0 Å². The monoisotopic (exact) mass is 577 g/mol. The topological polar surface area (TPSA) is 134 Å². The van der Waals surface area contributed by atoms with E-state index in [4.69, 9.17) is 25.8 Å². The van der Waals surface area contributed by atoms with E-state index in [1.54, 1.807) is 38.1 Å². The Morgan fingerprint density at radius 2 is 1.48 bits per heavy atom. The van der Waals surface area contributed by atoms with Gasteiger partial charge < -0.3 is 24.3 Å². The van der Waals surface area contributed by atoms with E-state index in [1.165, 1.54) is 25.1 Å². The average Bonchev–Trinajstić information content (AvgIpc) is 2.92. The molecule has 1 N–H and O–H groups in total. The third-order valence-electron chi connectivity index (χ3n) is 6.45. The second-order valence-electron chi connectivity index (χ2n) is 8.90. The van der Waals surface area contributed by atoms with Gasteiger partial charge in [-0.25, -0.2) is 18.8 Å². The van der Waals surface area contributed by atoms with Crippen LogP contribution in [0.1, 0.15) is 38.7 Å². The zero-order valence-corrected chi connectivity index (χ0v) is 22.9. The number of ether oxygens (including phenoxy) is 4. The van der Waals surface area contributed by atoms with Gasteiger partial charge in [0, 0.05) is 22.5 Å². The van der Waals surface area contributed by atoms with E-state index >= 15 is 0 Å². The summed E-state index contributed by atoms with van der Waals surface area (Å²) in [5.74, 6) is -6.73. The summed E-state index contributed by atoms with van der Waals surface area (Å²) in [6, 6.07) is 9.79. The van der Waals surface area contributed by atoms with Crippen LogP contribution >= 0.6 is 11.6 Å². The van der Waals surface area contributed by atoms with Crippen LogP contribution in [0.4, 0.5) is 4.39 Å². The van der Waals surface area contributed by atoms with Crippen LogP contribution < -0.4 is 5.32 Å². The molecule has 214 valence electrons. The summed E-state index contributed by atoms with van der Waals surface area (Å²) in [5.41, 5.74) is -0.287. The minimum atomic E-state index is -1.52. The maximum atomic E-state index is 14.4. The largest absolute Gasteiger partial charge is 0.465 e. The van der Waals surface area contributed by atoms with Crippen LogP contribution in [0.25, 0.3) is 11.1 Å². The van der Waals surface area contributed by atoms with Crippen molar-refractivity contribution in [3.8, 4) is 11.1 Å². The third-order valence-corrected chi connectivity index (χ3v) is 6.69. The molecule has 0 aromatic heterocycles. The number of benzene rings is 2. The SMILES string of the molecule is CCOC(=O)C(=O)N[C@H]1C[C@@](COC(=O)C(=O)OCC)(C(=O)OCC)C1c1ccc(-c2cc(Cl)ccc2F)cc1. The number of carbonyl (C=O) groups excluding carboxylic acids is 5. The molecular formula is C28H29ClFNO9. The molecular weight excluding hydrogens is 549 g/mol. The number of esters is 4. The van der Waals surface area contributed by atoms with Gasteiger partial charge in [0.05, 0.1) is 19.8 Å². The lowest BCUT2D eigenvalue weighted by Gasteiger charge is -2.52. The zero-order chi connectivity index (χ0) is 29.4. The molecule has 40 heavy (non-hydrogen) atoms. The van der Waals surface area contributed by atoms with Crippen LogP contribution in [0, 0.1) is 11.2 Å². The molecule has 1 fully saturated rings. The van der Waals surface area contributed by atoms with Gasteiger partial charge in [-0.05, 0) is 56.5 Å². The molecule has 0 aliphatic heterocycles. The standard InChI is InChI=1S/C28H29ClFNO9/c1-4-37-24(33)23(32)31-21-14-28(27(36)39-6-3,15-40-26(35)25(34)38-5-2)22(21)17-9-7-16(8-10-17)19-13-18(29)11-12-20(19)30/h7-13,21-22H,4-6,14-15H2,1-3H3,(H,31,32)/t21-,22?,28-/m0/s1. The molecule has 1 saturated carbocycles. The molecule has 0 heterocycles. The van der Waals surface area contributed by atoms with Gasteiger partial charge in [0.2, 0.25) is 0 Å². The van der Waals surface area contributed by atoms with Crippen molar-refractivity contribution in [3.63, 3.8) is 0 Å². The fraction of sp³-hybridized carbons (Fsp3) is 0.393. The minimum Gasteiger partial charge on any atom is -0.465 e. The predicted molar refractivity (Wildman–Crippen MR) is 139 cm³/mol. The highest BCUT2D eigenvalue weighted by atomic mass is 35.5. The molecule has 12 heteroatoms. The van der Waals surface area contributed by atoms with Crippen LogP contribution in [-0.4, -0.2) is 62.3 Å². The quantitative estimate of drug-likeness (QED) is 0.270.